The Morgan fingerprint density at radius 3 is 2.53 bits per heavy atom. The van der Waals surface area contributed by atoms with Crippen LogP contribution in [-0.4, -0.2) is 16.6 Å². The summed E-state index contributed by atoms with van der Waals surface area (Å²) in [5, 5.41) is 12.0. The van der Waals surface area contributed by atoms with Crippen LogP contribution in [0, 0.1) is 11.6 Å². The zero-order valence-electron chi connectivity index (χ0n) is 9.17. The highest BCUT2D eigenvalue weighted by molar-refractivity contribution is 5.79. The molecule has 2 rings (SSSR count). The van der Waals surface area contributed by atoms with Gasteiger partial charge in [-0.1, -0.05) is 6.07 Å². The van der Waals surface area contributed by atoms with Gasteiger partial charge in [-0.15, -0.1) is 0 Å². The minimum absolute atomic E-state index is 0.226. The van der Waals surface area contributed by atoms with Crippen LogP contribution in [0.25, 0.3) is 0 Å². The highest BCUT2D eigenvalue weighted by Gasteiger charge is 2.43. The molecule has 0 bridgehead atoms. The van der Waals surface area contributed by atoms with E-state index in [9.17, 15) is 13.6 Å². The molecule has 1 aromatic carbocycles. The first-order chi connectivity index (χ1) is 8.03. The Balaban J connectivity index is 2.02. The standard InChI is InChI=1S/C12H13F2NO2/c13-9-3-2-8(6-10(9)14)7-15-12(11(16)17)4-1-5-12/h2-3,6,15H,1,4-5,7H2,(H,16,17). The van der Waals surface area contributed by atoms with E-state index in [1.54, 1.807) is 0 Å². The quantitative estimate of drug-likeness (QED) is 0.848. The highest BCUT2D eigenvalue weighted by Crippen LogP contribution is 2.32. The van der Waals surface area contributed by atoms with Gasteiger partial charge in [-0.3, -0.25) is 10.1 Å². The van der Waals surface area contributed by atoms with Gasteiger partial charge < -0.3 is 5.11 Å². The molecular formula is C12H13F2NO2. The Hall–Kier alpha value is -1.49. The van der Waals surface area contributed by atoms with Crippen LogP contribution in [-0.2, 0) is 11.3 Å². The van der Waals surface area contributed by atoms with Gasteiger partial charge in [-0.05, 0) is 37.0 Å². The third-order valence-corrected chi connectivity index (χ3v) is 3.23. The van der Waals surface area contributed by atoms with Gasteiger partial charge in [0.05, 0.1) is 0 Å². The molecule has 0 heterocycles. The number of nitrogens with one attached hydrogen (secondary N) is 1. The zero-order chi connectivity index (χ0) is 12.5. The Morgan fingerprint density at radius 1 is 1.35 bits per heavy atom. The summed E-state index contributed by atoms with van der Waals surface area (Å²) in [5.41, 5.74) is -0.346. The van der Waals surface area contributed by atoms with Crippen LogP contribution in [0.15, 0.2) is 18.2 Å². The Morgan fingerprint density at radius 2 is 2.06 bits per heavy atom. The molecule has 1 aliphatic rings. The van der Waals surface area contributed by atoms with E-state index in [-0.39, 0.29) is 6.54 Å². The number of halogens is 2. The van der Waals surface area contributed by atoms with Crippen LogP contribution in [0.4, 0.5) is 8.78 Å². The largest absolute Gasteiger partial charge is 0.480 e. The SMILES string of the molecule is O=C(O)C1(NCc2ccc(F)c(F)c2)CCC1. The second-order valence-corrected chi connectivity index (χ2v) is 4.34. The average molecular weight is 241 g/mol. The lowest BCUT2D eigenvalue weighted by Crippen LogP contribution is -2.56. The first-order valence-corrected chi connectivity index (χ1v) is 5.46. The van der Waals surface area contributed by atoms with Crippen LogP contribution in [0.5, 0.6) is 0 Å². The molecule has 1 aromatic rings. The minimum atomic E-state index is -0.915. The zero-order valence-corrected chi connectivity index (χ0v) is 9.17. The lowest BCUT2D eigenvalue weighted by Gasteiger charge is -2.38. The Bertz CT molecular complexity index is 444. The van der Waals surface area contributed by atoms with Crippen molar-refractivity contribution in [1.29, 1.82) is 0 Å². The van der Waals surface area contributed by atoms with Crippen molar-refractivity contribution in [1.82, 2.24) is 5.32 Å². The van der Waals surface area contributed by atoms with E-state index in [0.717, 1.165) is 18.6 Å². The van der Waals surface area contributed by atoms with Crippen LogP contribution in [0.2, 0.25) is 0 Å². The molecule has 0 atom stereocenters. The first-order valence-electron chi connectivity index (χ1n) is 5.46. The summed E-state index contributed by atoms with van der Waals surface area (Å²) in [7, 11) is 0. The molecule has 0 saturated heterocycles. The fourth-order valence-electron chi connectivity index (χ4n) is 1.92. The molecule has 0 spiro atoms. The smallest absolute Gasteiger partial charge is 0.323 e. The molecular weight excluding hydrogens is 228 g/mol. The molecule has 1 aliphatic carbocycles. The summed E-state index contributed by atoms with van der Waals surface area (Å²) in [6, 6.07) is 3.57. The summed E-state index contributed by atoms with van der Waals surface area (Å²) < 4.78 is 25.6. The highest BCUT2D eigenvalue weighted by atomic mass is 19.2. The average Bonchev–Trinajstić information content (AvgIpc) is 2.21. The van der Waals surface area contributed by atoms with Crippen molar-refractivity contribution in [2.45, 2.75) is 31.3 Å². The van der Waals surface area contributed by atoms with Crippen molar-refractivity contribution < 1.29 is 18.7 Å². The maximum absolute atomic E-state index is 12.9. The second kappa shape index (κ2) is 4.41. The number of carboxylic acids is 1. The van der Waals surface area contributed by atoms with Crippen LogP contribution in [0.1, 0.15) is 24.8 Å². The molecule has 3 nitrogen and oxygen atoms in total. The van der Waals surface area contributed by atoms with E-state index in [0.29, 0.717) is 18.4 Å². The van der Waals surface area contributed by atoms with E-state index >= 15 is 0 Å². The summed E-state index contributed by atoms with van der Waals surface area (Å²) in [6.45, 7) is 0.226. The van der Waals surface area contributed by atoms with Crippen molar-refractivity contribution in [2.24, 2.45) is 0 Å². The molecule has 0 aromatic heterocycles. The third-order valence-electron chi connectivity index (χ3n) is 3.23. The summed E-state index contributed by atoms with van der Waals surface area (Å²) in [5.74, 6) is -2.70. The molecule has 1 saturated carbocycles. The van der Waals surface area contributed by atoms with E-state index in [4.69, 9.17) is 5.11 Å². The minimum Gasteiger partial charge on any atom is -0.480 e. The molecule has 0 unspecified atom stereocenters. The molecule has 0 aliphatic heterocycles. The fraction of sp³-hybridized carbons (Fsp3) is 0.417. The molecule has 5 heteroatoms. The van der Waals surface area contributed by atoms with E-state index in [1.165, 1.54) is 6.07 Å². The number of rotatable bonds is 4. The summed E-state index contributed by atoms with van der Waals surface area (Å²) >= 11 is 0. The number of carbonyl (C=O) groups is 1. The molecule has 17 heavy (non-hydrogen) atoms. The number of hydrogen-bond acceptors (Lipinski definition) is 2. The number of carboxylic acid groups (broad SMARTS) is 1. The number of aliphatic carboxylic acids is 1. The van der Waals surface area contributed by atoms with Crippen molar-refractivity contribution in [2.75, 3.05) is 0 Å². The van der Waals surface area contributed by atoms with Gasteiger partial charge in [0, 0.05) is 6.54 Å². The second-order valence-electron chi connectivity index (χ2n) is 4.34. The van der Waals surface area contributed by atoms with E-state index in [1.807, 2.05) is 0 Å². The summed E-state index contributed by atoms with van der Waals surface area (Å²) in [6.07, 6.45) is 2.02. The molecule has 1 fully saturated rings. The van der Waals surface area contributed by atoms with Gasteiger partial charge in [-0.25, -0.2) is 8.78 Å². The van der Waals surface area contributed by atoms with Crippen LogP contribution < -0.4 is 5.32 Å². The maximum atomic E-state index is 12.9. The predicted molar refractivity (Wildman–Crippen MR) is 57.4 cm³/mol. The normalized spacial score (nSPS) is 17.5. The summed E-state index contributed by atoms with van der Waals surface area (Å²) in [4.78, 5) is 11.0. The van der Waals surface area contributed by atoms with E-state index in [2.05, 4.69) is 5.32 Å². The van der Waals surface area contributed by atoms with Gasteiger partial charge in [0.25, 0.3) is 0 Å². The number of benzene rings is 1. The maximum Gasteiger partial charge on any atom is 0.323 e. The first kappa shape index (κ1) is 12.0. The van der Waals surface area contributed by atoms with Crippen molar-refractivity contribution in [3.05, 3.63) is 35.4 Å². The van der Waals surface area contributed by atoms with Crippen LogP contribution in [0.3, 0.4) is 0 Å². The lowest BCUT2D eigenvalue weighted by molar-refractivity contribution is -0.148. The van der Waals surface area contributed by atoms with Gasteiger partial charge in [0.2, 0.25) is 0 Å². The monoisotopic (exact) mass is 241 g/mol. The van der Waals surface area contributed by atoms with Crippen molar-refractivity contribution >= 4 is 5.97 Å². The predicted octanol–water partition coefficient (Wildman–Crippen LogP) is 2.06. The molecule has 0 amide bonds. The Kier molecular flexibility index (Phi) is 3.11. The Labute approximate surface area is 97.5 Å². The topological polar surface area (TPSA) is 49.3 Å². The molecule has 2 N–H and O–H groups in total. The van der Waals surface area contributed by atoms with Gasteiger partial charge >= 0.3 is 5.97 Å². The van der Waals surface area contributed by atoms with Crippen molar-refractivity contribution in [3.8, 4) is 0 Å². The lowest BCUT2D eigenvalue weighted by atomic mass is 9.76. The third kappa shape index (κ3) is 2.29. The fourth-order valence-corrected chi connectivity index (χ4v) is 1.92. The molecule has 92 valence electrons. The molecule has 0 radical (unpaired) electrons. The van der Waals surface area contributed by atoms with Gasteiger partial charge in [0.15, 0.2) is 11.6 Å². The van der Waals surface area contributed by atoms with Crippen molar-refractivity contribution in [3.63, 3.8) is 0 Å². The van der Waals surface area contributed by atoms with Gasteiger partial charge in [0.1, 0.15) is 5.54 Å². The van der Waals surface area contributed by atoms with E-state index < -0.39 is 23.1 Å². The number of hydrogen-bond donors (Lipinski definition) is 2. The van der Waals surface area contributed by atoms with Gasteiger partial charge in [-0.2, -0.15) is 0 Å². The van der Waals surface area contributed by atoms with Crippen LogP contribution >= 0.6 is 0 Å².